The number of nitrogens with one attached hydrogen (secondary N) is 1. The lowest BCUT2D eigenvalue weighted by Gasteiger charge is -2.17. The highest BCUT2D eigenvalue weighted by Gasteiger charge is 2.33. The smallest absolute Gasteiger partial charge is 0.262 e. The Bertz CT molecular complexity index is 833. The van der Waals surface area contributed by atoms with Crippen LogP contribution in [0.3, 0.4) is 0 Å². The van der Waals surface area contributed by atoms with E-state index in [-0.39, 0.29) is 10.7 Å². The van der Waals surface area contributed by atoms with E-state index in [4.69, 9.17) is 23.2 Å². The molecule has 0 spiro atoms. The van der Waals surface area contributed by atoms with Crippen molar-refractivity contribution in [3.05, 3.63) is 75.5 Å². The Morgan fingerprint density at radius 3 is 2.29 bits per heavy atom. The first-order valence-electron chi connectivity index (χ1n) is 6.69. The third kappa shape index (κ3) is 3.37. The molecule has 0 saturated carbocycles. The summed E-state index contributed by atoms with van der Waals surface area (Å²) >= 11 is 12.0. The van der Waals surface area contributed by atoms with Crippen molar-refractivity contribution in [2.75, 3.05) is 0 Å². The predicted octanol–water partition coefficient (Wildman–Crippen LogP) is 4.71. The van der Waals surface area contributed by atoms with Crippen molar-refractivity contribution >= 4 is 23.2 Å². The summed E-state index contributed by atoms with van der Waals surface area (Å²) in [5.41, 5.74) is 0.0396. The van der Waals surface area contributed by atoms with Crippen LogP contribution < -0.4 is 0 Å². The molecule has 1 atom stereocenters. The van der Waals surface area contributed by atoms with Gasteiger partial charge in [0.2, 0.25) is 0 Å². The highest BCUT2D eigenvalue weighted by molar-refractivity contribution is 6.31. The van der Waals surface area contributed by atoms with E-state index in [9.17, 15) is 13.2 Å². The summed E-state index contributed by atoms with van der Waals surface area (Å²) in [6.07, 6.45) is -2.46. The van der Waals surface area contributed by atoms with Gasteiger partial charge in [0.1, 0.15) is 12.2 Å². The highest BCUT2D eigenvalue weighted by Crippen LogP contribution is 2.36. The quantitative estimate of drug-likeness (QED) is 0.724. The van der Waals surface area contributed by atoms with Gasteiger partial charge >= 0.3 is 6.18 Å². The molecule has 2 aromatic heterocycles. The minimum absolute atomic E-state index is 0.110. The predicted molar refractivity (Wildman–Crippen MR) is 83.0 cm³/mol. The van der Waals surface area contributed by atoms with Crippen molar-refractivity contribution < 1.29 is 13.2 Å². The molecule has 0 amide bonds. The van der Waals surface area contributed by atoms with Gasteiger partial charge in [0, 0.05) is 11.2 Å². The Morgan fingerprint density at radius 1 is 1.04 bits per heavy atom. The number of benzene rings is 1. The number of pyridine rings is 1. The van der Waals surface area contributed by atoms with E-state index in [1.165, 1.54) is 6.33 Å². The molecule has 0 aliphatic rings. The van der Waals surface area contributed by atoms with Gasteiger partial charge in [-0.3, -0.25) is 10.1 Å². The molecule has 0 fully saturated rings. The number of aromatic nitrogens is 4. The van der Waals surface area contributed by atoms with Crippen molar-refractivity contribution in [2.24, 2.45) is 0 Å². The largest absolute Gasteiger partial charge is 0.417 e. The lowest BCUT2D eigenvalue weighted by Crippen LogP contribution is -2.11. The average molecular weight is 373 g/mol. The standard InChI is InChI=1S/C15H9Cl2F3N4/c16-10-3-1-8(2-4-10)12(14-22-7-23-24-14)13-11(17)5-9(6-21-13)15(18,19)20/h1-7,12H,(H,22,23,24). The van der Waals surface area contributed by atoms with Gasteiger partial charge in [0.15, 0.2) is 0 Å². The molecule has 1 N–H and O–H groups in total. The summed E-state index contributed by atoms with van der Waals surface area (Å²) in [5, 5.41) is 6.91. The molecule has 2 heterocycles. The number of nitrogens with zero attached hydrogens (tertiary/aromatic N) is 3. The van der Waals surface area contributed by atoms with Crippen molar-refractivity contribution in [1.29, 1.82) is 0 Å². The van der Waals surface area contributed by atoms with E-state index in [0.29, 0.717) is 16.4 Å². The first-order valence-corrected chi connectivity index (χ1v) is 7.45. The first kappa shape index (κ1) is 16.7. The minimum Gasteiger partial charge on any atom is -0.262 e. The van der Waals surface area contributed by atoms with Crippen molar-refractivity contribution in [3.63, 3.8) is 0 Å². The molecule has 4 nitrogen and oxygen atoms in total. The Balaban J connectivity index is 2.11. The summed E-state index contributed by atoms with van der Waals surface area (Å²) in [6, 6.07) is 7.63. The van der Waals surface area contributed by atoms with Gasteiger partial charge in [-0.25, -0.2) is 4.98 Å². The molecule has 0 radical (unpaired) electrons. The van der Waals surface area contributed by atoms with Crippen LogP contribution in [-0.2, 0) is 6.18 Å². The molecule has 3 aromatic rings. The fourth-order valence-corrected chi connectivity index (χ4v) is 2.67. The monoisotopic (exact) mass is 372 g/mol. The Labute approximate surface area is 144 Å². The Kier molecular flexibility index (Phi) is 4.47. The molecule has 0 aliphatic heterocycles. The van der Waals surface area contributed by atoms with Gasteiger partial charge in [-0.05, 0) is 23.8 Å². The van der Waals surface area contributed by atoms with E-state index in [0.717, 1.165) is 12.3 Å². The number of hydrogen-bond acceptors (Lipinski definition) is 3. The van der Waals surface area contributed by atoms with Crippen LogP contribution in [0.25, 0.3) is 0 Å². The average Bonchev–Trinajstić information content (AvgIpc) is 3.04. The van der Waals surface area contributed by atoms with Crippen LogP contribution in [0.5, 0.6) is 0 Å². The second kappa shape index (κ2) is 6.41. The molecule has 0 saturated heterocycles. The summed E-state index contributed by atoms with van der Waals surface area (Å²) < 4.78 is 38.4. The van der Waals surface area contributed by atoms with Crippen LogP contribution in [0, 0.1) is 0 Å². The lowest BCUT2D eigenvalue weighted by molar-refractivity contribution is -0.137. The van der Waals surface area contributed by atoms with Gasteiger partial charge in [-0.1, -0.05) is 35.3 Å². The van der Waals surface area contributed by atoms with E-state index in [2.05, 4.69) is 20.2 Å². The molecule has 0 aliphatic carbocycles. The molecule has 1 unspecified atom stereocenters. The van der Waals surface area contributed by atoms with Crippen LogP contribution in [0.1, 0.15) is 28.6 Å². The fourth-order valence-electron chi connectivity index (χ4n) is 2.27. The topological polar surface area (TPSA) is 54.5 Å². The second-order valence-corrected chi connectivity index (χ2v) is 5.79. The molecular weight excluding hydrogens is 364 g/mol. The van der Waals surface area contributed by atoms with Crippen molar-refractivity contribution in [2.45, 2.75) is 12.1 Å². The maximum absolute atomic E-state index is 12.8. The summed E-state index contributed by atoms with van der Waals surface area (Å²) in [4.78, 5) is 8.01. The molecule has 3 rings (SSSR count). The van der Waals surface area contributed by atoms with Crippen LogP contribution in [0.2, 0.25) is 10.0 Å². The van der Waals surface area contributed by atoms with E-state index in [1.807, 2.05) is 0 Å². The number of alkyl halides is 3. The zero-order valence-corrected chi connectivity index (χ0v) is 13.4. The van der Waals surface area contributed by atoms with Crippen LogP contribution in [-0.4, -0.2) is 20.2 Å². The fraction of sp³-hybridized carbons (Fsp3) is 0.133. The number of halogens is 5. The Morgan fingerprint density at radius 2 is 1.75 bits per heavy atom. The number of hydrogen-bond donors (Lipinski definition) is 1. The van der Waals surface area contributed by atoms with Crippen LogP contribution >= 0.6 is 23.2 Å². The molecule has 124 valence electrons. The summed E-state index contributed by atoms with van der Waals surface area (Å²) in [7, 11) is 0. The summed E-state index contributed by atoms with van der Waals surface area (Å²) in [5.74, 6) is -0.189. The molecule has 9 heteroatoms. The van der Waals surface area contributed by atoms with Gasteiger partial charge in [-0.2, -0.15) is 18.3 Å². The van der Waals surface area contributed by atoms with E-state index >= 15 is 0 Å². The second-order valence-electron chi connectivity index (χ2n) is 4.94. The van der Waals surface area contributed by atoms with E-state index in [1.54, 1.807) is 24.3 Å². The van der Waals surface area contributed by atoms with Crippen molar-refractivity contribution in [3.8, 4) is 0 Å². The third-order valence-electron chi connectivity index (χ3n) is 3.38. The third-order valence-corrected chi connectivity index (χ3v) is 3.94. The van der Waals surface area contributed by atoms with Gasteiger partial charge in [0.05, 0.1) is 22.2 Å². The SMILES string of the molecule is FC(F)(F)c1cnc(C(c2ccc(Cl)cc2)c2ncn[nH]2)c(Cl)c1. The normalized spacial score (nSPS) is 13.0. The van der Waals surface area contributed by atoms with Crippen LogP contribution in [0.15, 0.2) is 42.9 Å². The number of aromatic amines is 1. The number of rotatable bonds is 3. The highest BCUT2D eigenvalue weighted by atomic mass is 35.5. The lowest BCUT2D eigenvalue weighted by atomic mass is 9.94. The van der Waals surface area contributed by atoms with Gasteiger partial charge in [0.25, 0.3) is 0 Å². The Hall–Kier alpha value is -2.12. The zero-order chi connectivity index (χ0) is 17.3. The molecule has 0 bridgehead atoms. The maximum atomic E-state index is 12.8. The first-order chi connectivity index (χ1) is 11.4. The maximum Gasteiger partial charge on any atom is 0.417 e. The molecule has 24 heavy (non-hydrogen) atoms. The minimum atomic E-state index is -4.52. The van der Waals surface area contributed by atoms with Gasteiger partial charge < -0.3 is 0 Å². The number of H-pyrrole nitrogens is 1. The van der Waals surface area contributed by atoms with E-state index < -0.39 is 17.7 Å². The summed E-state index contributed by atoms with van der Waals surface area (Å²) in [6.45, 7) is 0. The zero-order valence-electron chi connectivity index (χ0n) is 11.9. The van der Waals surface area contributed by atoms with Crippen LogP contribution in [0.4, 0.5) is 13.2 Å². The van der Waals surface area contributed by atoms with Crippen molar-refractivity contribution in [1.82, 2.24) is 20.2 Å². The molecular formula is C15H9Cl2F3N4. The van der Waals surface area contributed by atoms with Gasteiger partial charge in [-0.15, -0.1) is 0 Å². The molecule has 1 aromatic carbocycles.